The molecule has 0 unspecified atom stereocenters. The summed E-state index contributed by atoms with van der Waals surface area (Å²) in [6.07, 6.45) is 6.54. The van der Waals surface area contributed by atoms with E-state index in [2.05, 4.69) is 30.6 Å². The van der Waals surface area contributed by atoms with Crippen molar-refractivity contribution in [2.75, 3.05) is 27.2 Å². The van der Waals surface area contributed by atoms with Gasteiger partial charge < -0.3 is 9.80 Å². The average molecular weight is 651 g/mol. The van der Waals surface area contributed by atoms with Crippen LogP contribution in [0, 0.1) is 11.6 Å². The highest BCUT2D eigenvalue weighted by Crippen LogP contribution is 2.31. The quantitative estimate of drug-likeness (QED) is 0.211. The van der Waals surface area contributed by atoms with Gasteiger partial charge in [-0.25, -0.2) is 18.4 Å². The fourth-order valence-electron chi connectivity index (χ4n) is 4.79. The van der Waals surface area contributed by atoms with Gasteiger partial charge in [-0.3, -0.25) is 9.97 Å². The van der Waals surface area contributed by atoms with Gasteiger partial charge in [-0.15, -0.1) is 10.2 Å². The number of carbonyl (C=O) groups excluding carboxylic acids is 2. The topological polar surface area (TPSA) is 128 Å². The second-order valence-corrected chi connectivity index (χ2v) is 10.5. The molecule has 4 heterocycles. The van der Waals surface area contributed by atoms with Gasteiger partial charge in [0.1, 0.15) is 34.4 Å². The zero-order valence-electron chi connectivity index (χ0n) is 26.7. The zero-order chi connectivity index (χ0) is 34.2. The van der Waals surface area contributed by atoms with E-state index in [4.69, 9.17) is 0 Å². The molecule has 0 radical (unpaired) electrons. The molecule has 0 aliphatic carbocycles. The lowest BCUT2D eigenvalue weighted by molar-refractivity contribution is 0.201. The number of nitrogens with zero attached hydrogens (tertiary/aromatic N) is 10. The van der Waals surface area contributed by atoms with E-state index in [1.807, 2.05) is 13.8 Å². The van der Waals surface area contributed by atoms with Crippen molar-refractivity contribution >= 4 is 12.1 Å². The minimum absolute atomic E-state index is 0.252. The molecule has 0 saturated carbocycles. The molecule has 2 aromatic carbocycles. The standard InChI is InChI=1S/C18H18FN5O.C16H14FN5O/c1-3-23(4-2)18(25)24-17(14-9-11-20-12-10-14)16(21-22-24)13-5-7-15(19)8-6-13;1-21(2)16(23)22-15(12-7-9-18-10-8-12)14(19-20-22)11-3-5-13(17)6-4-11/h5-12H,3-4H2,1-2H3;3-10H,1-2H3. The van der Waals surface area contributed by atoms with Crippen molar-refractivity contribution in [1.29, 1.82) is 0 Å². The van der Waals surface area contributed by atoms with E-state index in [1.54, 1.807) is 92.3 Å². The third kappa shape index (κ3) is 7.12. The second kappa shape index (κ2) is 14.9. The highest BCUT2D eigenvalue weighted by atomic mass is 19.1. The van der Waals surface area contributed by atoms with Gasteiger partial charge in [-0.2, -0.15) is 9.36 Å². The van der Waals surface area contributed by atoms with Crippen molar-refractivity contribution in [2.24, 2.45) is 0 Å². The summed E-state index contributed by atoms with van der Waals surface area (Å²) in [6, 6.07) is 18.4. The lowest BCUT2D eigenvalue weighted by Crippen LogP contribution is -2.35. The Morgan fingerprint density at radius 3 is 1.31 bits per heavy atom. The highest BCUT2D eigenvalue weighted by molar-refractivity contribution is 5.88. The van der Waals surface area contributed by atoms with Crippen molar-refractivity contribution in [3.63, 3.8) is 0 Å². The fraction of sp³-hybridized carbons (Fsp3) is 0.176. The van der Waals surface area contributed by atoms with E-state index >= 15 is 0 Å². The normalized spacial score (nSPS) is 10.6. The summed E-state index contributed by atoms with van der Waals surface area (Å²) in [7, 11) is 3.27. The molecule has 14 heteroatoms. The number of rotatable bonds is 6. The summed E-state index contributed by atoms with van der Waals surface area (Å²) in [5, 5.41) is 16.3. The molecule has 244 valence electrons. The number of carbonyl (C=O) groups is 2. The van der Waals surface area contributed by atoms with E-state index < -0.39 is 0 Å². The number of amides is 2. The number of benzene rings is 2. The van der Waals surface area contributed by atoms with Crippen molar-refractivity contribution < 1.29 is 18.4 Å². The Labute approximate surface area is 275 Å². The maximum absolute atomic E-state index is 13.2. The van der Waals surface area contributed by atoms with Crippen LogP contribution in [-0.4, -0.2) is 89.0 Å². The van der Waals surface area contributed by atoms with Crippen LogP contribution >= 0.6 is 0 Å². The lowest BCUT2D eigenvalue weighted by Gasteiger charge is -2.19. The van der Waals surface area contributed by atoms with Crippen LogP contribution in [0.15, 0.2) is 97.6 Å². The molecule has 6 aromatic rings. The Kier molecular flexibility index (Phi) is 10.3. The fourth-order valence-corrected chi connectivity index (χ4v) is 4.79. The van der Waals surface area contributed by atoms with E-state index in [-0.39, 0.29) is 23.7 Å². The summed E-state index contributed by atoms with van der Waals surface area (Å²) in [5.41, 5.74) is 5.00. The first-order chi connectivity index (χ1) is 23.2. The monoisotopic (exact) mass is 650 g/mol. The summed E-state index contributed by atoms with van der Waals surface area (Å²) in [6.45, 7) is 4.95. The molecular weight excluding hydrogens is 618 g/mol. The van der Waals surface area contributed by atoms with Gasteiger partial charge in [0.2, 0.25) is 0 Å². The molecule has 2 amide bonds. The molecule has 0 aliphatic rings. The molecule has 6 rings (SSSR count). The number of aromatic nitrogens is 8. The van der Waals surface area contributed by atoms with Gasteiger partial charge in [0, 0.05) is 74.2 Å². The van der Waals surface area contributed by atoms with Gasteiger partial charge in [-0.05, 0) is 86.6 Å². The largest absolute Gasteiger partial charge is 0.346 e. The van der Waals surface area contributed by atoms with E-state index in [1.165, 1.54) is 38.5 Å². The van der Waals surface area contributed by atoms with Crippen molar-refractivity contribution in [3.05, 3.63) is 109 Å². The lowest BCUT2D eigenvalue weighted by atomic mass is 10.1. The van der Waals surface area contributed by atoms with E-state index in [9.17, 15) is 18.4 Å². The Hall–Kier alpha value is -6.18. The van der Waals surface area contributed by atoms with Crippen LogP contribution in [-0.2, 0) is 0 Å². The molecule has 4 aromatic heterocycles. The minimum Gasteiger partial charge on any atom is -0.329 e. The maximum Gasteiger partial charge on any atom is 0.346 e. The molecule has 0 N–H and O–H groups in total. The minimum atomic E-state index is -0.337. The van der Waals surface area contributed by atoms with Gasteiger partial charge in [-0.1, -0.05) is 10.4 Å². The smallest absolute Gasteiger partial charge is 0.329 e. The molecule has 0 aliphatic heterocycles. The van der Waals surface area contributed by atoms with Crippen LogP contribution in [0.2, 0.25) is 0 Å². The molecule has 0 fully saturated rings. The summed E-state index contributed by atoms with van der Waals surface area (Å²) >= 11 is 0. The first-order valence-corrected chi connectivity index (χ1v) is 15.0. The Bertz CT molecular complexity index is 1970. The molecule has 48 heavy (non-hydrogen) atoms. The molecule has 0 bridgehead atoms. The van der Waals surface area contributed by atoms with Crippen LogP contribution in [0.1, 0.15) is 13.8 Å². The van der Waals surface area contributed by atoms with Crippen LogP contribution in [0.5, 0.6) is 0 Å². The SMILES string of the molecule is CCN(CC)C(=O)n1nnc(-c2ccc(F)cc2)c1-c1ccncc1.CN(C)C(=O)n1nnc(-c2ccc(F)cc2)c1-c1ccncc1. The first kappa shape index (κ1) is 33.2. The van der Waals surface area contributed by atoms with Crippen LogP contribution < -0.4 is 0 Å². The second-order valence-electron chi connectivity index (χ2n) is 10.5. The number of pyridine rings is 2. The Balaban J connectivity index is 0.000000188. The number of hydrogen-bond donors (Lipinski definition) is 0. The predicted molar refractivity (Wildman–Crippen MR) is 175 cm³/mol. The van der Waals surface area contributed by atoms with Gasteiger partial charge in [0.15, 0.2) is 0 Å². The molecule has 12 nitrogen and oxygen atoms in total. The summed E-state index contributed by atoms with van der Waals surface area (Å²) in [4.78, 5) is 36.2. The molecular formula is C34H32F2N10O2. The Morgan fingerprint density at radius 2 is 0.958 bits per heavy atom. The average Bonchev–Trinajstić information content (AvgIpc) is 3.76. The van der Waals surface area contributed by atoms with Crippen molar-refractivity contribution in [2.45, 2.75) is 13.8 Å². The van der Waals surface area contributed by atoms with Crippen molar-refractivity contribution in [3.8, 4) is 45.0 Å². The van der Waals surface area contributed by atoms with Gasteiger partial charge >= 0.3 is 12.1 Å². The Morgan fingerprint density at radius 1 is 0.583 bits per heavy atom. The van der Waals surface area contributed by atoms with Crippen LogP contribution in [0.25, 0.3) is 45.0 Å². The summed E-state index contributed by atoms with van der Waals surface area (Å²) < 4.78 is 28.9. The maximum atomic E-state index is 13.2. The predicted octanol–water partition coefficient (Wildman–Crippen LogP) is 6.13. The summed E-state index contributed by atoms with van der Waals surface area (Å²) in [5.74, 6) is -0.670. The van der Waals surface area contributed by atoms with E-state index in [0.29, 0.717) is 47.0 Å². The van der Waals surface area contributed by atoms with Gasteiger partial charge in [0.05, 0.1) is 0 Å². The number of hydrogen-bond acceptors (Lipinski definition) is 8. The molecule has 0 saturated heterocycles. The highest BCUT2D eigenvalue weighted by Gasteiger charge is 2.24. The van der Waals surface area contributed by atoms with Crippen LogP contribution in [0.4, 0.5) is 18.4 Å². The van der Waals surface area contributed by atoms with Crippen molar-refractivity contribution in [1.82, 2.24) is 49.8 Å². The molecule has 0 spiro atoms. The molecule has 0 atom stereocenters. The van der Waals surface area contributed by atoms with Gasteiger partial charge in [0.25, 0.3) is 0 Å². The third-order valence-corrected chi connectivity index (χ3v) is 7.26. The third-order valence-electron chi connectivity index (χ3n) is 7.26. The van der Waals surface area contributed by atoms with Crippen LogP contribution in [0.3, 0.4) is 0 Å². The first-order valence-electron chi connectivity index (χ1n) is 15.0. The zero-order valence-corrected chi connectivity index (χ0v) is 26.7. The van der Waals surface area contributed by atoms with E-state index in [0.717, 1.165) is 11.1 Å². The number of halogens is 2.